The molecule has 5 nitrogen and oxygen atoms in total. The first-order valence-corrected chi connectivity index (χ1v) is 6.53. The maximum atomic E-state index is 11.9. The van der Waals surface area contributed by atoms with E-state index < -0.39 is 0 Å². The highest BCUT2D eigenvalue weighted by Crippen LogP contribution is 2.22. The zero-order valence-electron chi connectivity index (χ0n) is 12.1. The number of ether oxygens (including phenoxy) is 2. The second kappa shape index (κ2) is 7.19. The molecular formula is C16H18N2O3. The minimum atomic E-state index is -0.133. The van der Waals surface area contributed by atoms with E-state index in [1.165, 1.54) is 0 Å². The van der Waals surface area contributed by atoms with Gasteiger partial charge in [-0.3, -0.25) is 4.79 Å². The number of amides is 1. The van der Waals surface area contributed by atoms with E-state index in [4.69, 9.17) is 9.47 Å². The second-order valence-electron chi connectivity index (χ2n) is 4.33. The van der Waals surface area contributed by atoms with Gasteiger partial charge in [0, 0.05) is 5.69 Å². The van der Waals surface area contributed by atoms with E-state index in [2.05, 4.69) is 10.6 Å². The molecule has 1 amide bonds. The average Bonchev–Trinajstić information content (AvgIpc) is 2.54. The summed E-state index contributed by atoms with van der Waals surface area (Å²) in [5.41, 5.74) is 1.51. The predicted molar refractivity (Wildman–Crippen MR) is 83.1 cm³/mol. The number of nitrogens with one attached hydrogen (secondary N) is 2. The van der Waals surface area contributed by atoms with Crippen LogP contribution >= 0.6 is 0 Å². The number of para-hydroxylation sites is 2. The largest absolute Gasteiger partial charge is 0.497 e. The molecule has 0 bridgehead atoms. The lowest BCUT2D eigenvalue weighted by Gasteiger charge is -2.11. The van der Waals surface area contributed by atoms with Gasteiger partial charge in [-0.25, -0.2) is 0 Å². The Balaban J connectivity index is 1.89. The molecule has 0 unspecified atom stereocenters. The van der Waals surface area contributed by atoms with Gasteiger partial charge < -0.3 is 20.1 Å². The van der Waals surface area contributed by atoms with Gasteiger partial charge in [-0.1, -0.05) is 12.1 Å². The monoisotopic (exact) mass is 286 g/mol. The number of methoxy groups -OCH3 is 2. The molecule has 2 N–H and O–H groups in total. The molecule has 0 fully saturated rings. The fourth-order valence-corrected chi connectivity index (χ4v) is 1.85. The summed E-state index contributed by atoms with van der Waals surface area (Å²) < 4.78 is 10.3. The number of anilines is 2. The van der Waals surface area contributed by atoms with Gasteiger partial charge in [0.2, 0.25) is 5.91 Å². The van der Waals surface area contributed by atoms with Crippen molar-refractivity contribution in [2.75, 3.05) is 31.4 Å². The van der Waals surface area contributed by atoms with Crippen molar-refractivity contribution in [3.05, 3.63) is 48.5 Å². The van der Waals surface area contributed by atoms with Crippen LogP contribution in [0.3, 0.4) is 0 Å². The van der Waals surface area contributed by atoms with E-state index in [1.807, 2.05) is 24.3 Å². The molecule has 5 heteroatoms. The normalized spacial score (nSPS) is 9.81. The lowest BCUT2D eigenvalue weighted by Crippen LogP contribution is -2.21. The van der Waals surface area contributed by atoms with Crippen molar-refractivity contribution in [2.24, 2.45) is 0 Å². The Labute approximate surface area is 123 Å². The lowest BCUT2D eigenvalue weighted by molar-refractivity contribution is -0.114. The smallest absolute Gasteiger partial charge is 0.243 e. The van der Waals surface area contributed by atoms with E-state index in [1.54, 1.807) is 38.5 Å². The van der Waals surface area contributed by atoms with E-state index in [0.29, 0.717) is 5.75 Å². The first-order valence-electron chi connectivity index (χ1n) is 6.53. The molecule has 2 aromatic carbocycles. The van der Waals surface area contributed by atoms with Gasteiger partial charge in [-0.05, 0) is 36.4 Å². The van der Waals surface area contributed by atoms with Crippen LogP contribution < -0.4 is 20.1 Å². The zero-order valence-corrected chi connectivity index (χ0v) is 12.1. The van der Waals surface area contributed by atoms with Gasteiger partial charge in [0.1, 0.15) is 11.5 Å². The first-order chi connectivity index (χ1) is 10.2. The van der Waals surface area contributed by atoms with Gasteiger partial charge >= 0.3 is 0 Å². The molecule has 0 atom stereocenters. The number of hydrogen-bond acceptors (Lipinski definition) is 4. The van der Waals surface area contributed by atoms with E-state index >= 15 is 0 Å². The summed E-state index contributed by atoms with van der Waals surface area (Å²) >= 11 is 0. The molecular weight excluding hydrogens is 268 g/mol. The molecule has 0 spiro atoms. The zero-order chi connectivity index (χ0) is 15.1. The molecule has 0 saturated heterocycles. The average molecular weight is 286 g/mol. The van der Waals surface area contributed by atoms with Crippen LogP contribution in [0.4, 0.5) is 11.4 Å². The van der Waals surface area contributed by atoms with Crippen LogP contribution in [0, 0.1) is 0 Å². The van der Waals surface area contributed by atoms with E-state index in [9.17, 15) is 4.79 Å². The van der Waals surface area contributed by atoms with Crippen LogP contribution in [0.5, 0.6) is 11.5 Å². The third-order valence-corrected chi connectivity index (χ3v) is 2.92. The number of benzene rings is 2. The molecule has 0 heterocycles. The van der Waals surface area contributed by atoms with Gasteiger partial charge in [-0.2, -0.15) is 0 Å². The Hall–Kier alpha value is -2.69. The van der Waals surface area contributed by atoms with Crippen molar-refractivity contribution < 1.29 is 14.3 Å². The quantitative estimate of drug-likeness (QED) is 0.857. The van der Waals surface area contributed by atoms with Gasteiger partial charge in [0.15, 0.2) is 0 Å². The maximum Gasteiger partial charge on any atom is 0.243 e. The Bertz CT molecular complexity index is 597. The van der Waals surface area contributed by atoms with Crippen LogP contribution in [0.1, 0.15) is 0 Å². The Morgan fingerprint density at radius 3 is 2.38 bits per heavy atom. The fourth-order valence-electron chi connectivity index (χ4n) is 1.85. The summed E-state index contributed by atoms with van der Waals surface area (Å²) in [6.07, 6.45) is 0. The van der Waals surface area contributed by atoms with Crippen LogP contribution in [0.25, 0.3) is 0 Å². The van der Waals surface area contributed by atoms with Gasteiger partial charge in [0.25, 0.3) is 0 Å². The SMILES string of the molecule is COc1ccc(NC(=O)CNc2ccccc2OC)cc1. The molecule has 0 radical (unpaired) electrons. The van der Waals surface area contributed by atoms with Crippen LogP contribution in [0.15, 0.2) is 48.5 Å². The van der Waals surface area contributed by atoms with Crippen molar-refractivity contribution in [3.8, 4) is 11.5 Å². The molecule has 2 rings (SSSR count). The number of carbonyl (C=O) groups is 1. The summed E-state index contributed by atoms with van der Waals surface area (Å²) in [7, 11) is 3.20. The molecule has 2 aromatic rings. The molecule has 0 aliphatic heterocycles. The van der Waals surface area contributed by atoms with Crippen molar-refractivity contribution >= 4 is 17.3 Å². The summed E-state index contributed by atoms with van der Waals surface area (Å²) in [5.74, 6) is 1.32. The van der Waals surface area contributed by atoms with E-state index in [0.717, 1.165) is 17.1 Å². The third-order valence-electron chi connectivity index (χ3n) is 2.92. The highest BCUT2D eigenvalue weighted by atomic mass is 16.5. The summed E-state index contributed by atoms with van der Waals surface area (Å²) in [5, 5.41) is 5.85. The van der Waals surface area contributed by atoms with Crippen LogP contribution in [-0.2, 0) is 4.79 Å². The van der Waals surface area contributed by atoms with Crippen molar-refractivity contribution in [1.82, 2.24) is 0 Å². The summed E-state index contributed by atoms with van der Waals surface area (Å²) in [6.45, 7) is 0.159. The fraction of sp³-hybridized carbons (Fsp3) is 0.188. The second-order valence-corrected chi connectivity index (χ2v) is 4.33. The number of hydrogen-bond donors (Lipinski definition) is 2. The Morgan fingerprint density at radius 2 is 1.71 bits per heavy atom. The molecule has 0 aliphatic rings. The van der Waals surface area contributed by atoms with Crippen LogP contribution in [0.2, 0.25) is 0 Å². The van der Waals surface area contributed by atoms with Gasteiger partial charge in [0.05, 0.1) is 26.5 Å². The Morgan fingerprint density at radius 1 is 1.00 bits per heavy atom. The molecule has 0 saturated carbocycles. The molecule has 0 aliphatic carbocycles. The van der Waals surface area contributed by atoms with Crippen molar-refractivity contribution in [2.45, 2.75) is 0 Å². The van der Waals surface area contributed by atoms with Crippen LogP contribution in [-0.4, -0.2) is 26.7 Å². The summed E-state index contributed by atoms with van der Waals surface area (Å²) in [4.78, 5) is 11.9. The highest BCUT2D eigenvalue weighted by molar-refractivity contribution is 5.94. The standard InChI is InChI=1S/C16H18N2O3/c1-20-13-9-7-12(8-10-13)18-16(19)11-17-14-5-3-4-6-15(14)21-2/h3-10,17H,11H2,1-2H3,(H,18,19). The van der Waals surface area contributed by atoms with Crippen molar-refractivity contribution in [3.63, 3.8) is 0 Å². The Kier molecular flexibility index (Phi) is 5.04. The predicted octanol–water partition coefficient (Wildman–Crippen LogP) is 2.75. The lowest BCUT2D eigenvalue weighted by atomic mass is 10.3. The van der Waals surface area contributed by atoms with Crippen molar-refractivity contribution in [1.29, 1.82) is 0 Å². The summed E-state index contributed by atoms with van der Waals surface area (Å²) in [6, 6.07) is 14.6. The first kappa shape index (κ1) is 14.7. The molecule has 110 valence electrons. The topological polar surface area (TPSA) is 59.6 Å². The minimum absolute atomic E-state index is 0.133. The number of rotatable bonds is 6. The highest BCUT2D eigenvalue weighted by Gasteiger charge is 2.05. The molecule has 21 heavy (non-hydrogen) atoms. The third kappa shape index (κ3) is 4.14. The number of carbonyl (C=O) groups excluding carboxylic acids is 1. The van der Waals surface area contributed by atoms with Gasteiger partial charge in [-0.15, -0.1) is 0 Å². The molecule has 0 aromatic heterocycles. The maximum absolute atomic E-state index is 11.9. The minimum Gasteiger partial charge on any atom is -0.497 e. The van der Waals surface area contributed by atoms with E-state index in [-0.39, 0.29) is 12.5 Å².